The summed E-state index contributed by atoms with van der Waals surface area (Å²) in [5.74, 6) is 0. The van der Waals surface area contributed by atoms with Crippen LogP contribution in [0.1, 0.15) is 17.7 Å². The highest BCUT2D eigenvalue weighted by atomic mass is 16.3. The average Bonchev–Trinajstić information content (AvgIpc) is 3.86. The third-order valence-electron chi connectivity index (χ3n) is 10.8. The van der Waals surface area contributed by atoms with Gasteiger partial charge in [-0.2, -0.15) is 0 Å². The number of furan rings is 1. The average molecular weight is 653 g/mol. The van der Waals surface area contributed by atoms with Gasteiger partial charge in [-0.05, 0) is 107 Å². The minimum absolute atomic E-state index is 0.903. The zero-order valence-corrected chi connectivity index (χ0v) is 27.9. The van der Waals surface area contributed by atoms with Gasteiger partial charge >= 0.3 is 0 Å². The van der Waals surface area contributed by atoms with Crippen molar-refractivity contribution in [1.82, 2.24) is 9.13 Å². The fourth-order valence-electron chi connectivity index (χ4n) is 8.70. The molecule has 0 amide bonds. The van der Waals surface area contributed by atoms with Crippen LogP contribution < -0.4 is 0 Å². The van der Waals surface area contributed by atoms with E-state index in [0.717, 1.165) is 46.0 Å². The largest absolute Gasteiger partial charge is 0.456 e. The van der Waals surface area contributed by atoms with Crippen LogP contribution in [-0.4, -0.2) is 9.13 Å². The van der Waals surface area contributed by atoms with E-state index in [2.05, 4.69) is 179 Å². The Labute approximate surface area is 294 Å². The van der Waals surface area contributed by atoms with Crippen LogP contribution in [-0.2, 0) is 6.42 Å². The number of fused-ring (bicyclic) bond motifs is 9. The number of hydrogen-bond donors (Lipinski definition) is 0. The summed E-state index contributed by atoms with van der Waals surface area (Å²) in [5.41, 5.74) is 15.2. The molecular formula is C48H32N2O. The van der Waals surface area contributed by atoms with Crippen molar-refractivity contribution in [1.29, 1.82) is 0 Å². The molecule has 0 saturated carbocycles. The smallest absolute Gasteiger partial charge is 0.136 e. The Balaban J connectivity index is 1.25. The fraction of sp³-hybridized carbons (Fsp3) is 0.0417. The zero-order valence-electron chi connectivity index (χ0n) is 27.9. The predicted octanol–water partition coefficient (Wildman–Crippen LogP) is 12.9. The molecule has 3 aromatic heterocycles. The molecule has 1 aliphatic carbocycles. The van der Waals surface area contributed by atoms with Crippen molar-refractivity contribution < 1.29 is 4.42 Å². The molecule has 1 aliphatic rings. The van der Waals surface area contributed by atoms with Crippen molar-refractivity contribution in [2.45, 2.75) is 12.8 Å². The SMILES string of the molecule is C1=Cc2c(c3c(-c4cc(-c5cccc6c5c5ccccc5n6-c5ccccc5)c5c(c4)oc4ccccc45)cccc3n2-c2ccccc2)CC1. The van der Waals surface area contributed by atoms with Gasteiger partial charge in [-0.25, -0.2) is 0 Å². The second-order valence-electron chi connectivity index (χ2n) is 13.6. The van der Waals surface area contributed by atoms with Gasteiger partial charge in [-0.1, -0.05) is 103 Å². The van der Waals surface area contributed by atoms with Crippen LogP contribution in [0.2, 0.25) is 0 Å². The molecule has 0 fully saturated rings. The molecular weight excluding hydrogens is 621 g/mol. The van der Waals surface area contributed by atoms with Crippen molar-refractivity contribution in [3.8, 4) is 33.6 Å². The fourth-order valence-corrected chi connectivity index (χ4v) is 8.70. The van der Waals surface area contributed by atoms with Gasteiger partial charge in [0.25, 0.3) is 0 Å². The molecule has 7 aromatic carbocycles. The number of para-hydroxylation sites is 4. The van der Waals surface area contributed by atoms with Gasteiger partial charge in [0.15, 0.2) is 0 Å². The van der Waals surface area contributed by atoms with Crippen LogP contribution in [0, 0.1) is 0 Å². The third-order valence-corrected chi connectivity index (χ3v) is 10.8. The van der Waals surface area contributed by atoms with E-state index >= 15 is 0 Å². The summed E-state index contributed by atoms with van der Waals surface area (Å²) < 4.78 is 11.6. The van der Waals surface area contributed by atoms with E-state index in [1.165, 1.54) is 66.3 Å². The van der Waals surface area contributed by atoms with E-state index in [4.69, 9.17) is 4.42 Å². The highest BCUT2D eigenvalue weighted by Gasteiger charge is 2.24. The summed E-state index contributed by atoms with van der Waals surface area (Å²) in [5, 5.41) is 6.09. The van der Waals surface area contributed by atoms with Gasteiger partial charge in [0.2, 0.25) is 0 Å². The standard InChI is InChI=1S/C48H32N2O/c1-3-15-32(16-4-1)49-40-24-10-7-19-36(40)46-34(22-13-26-42(46)49)31-29-39(48-38-21-9-12-28-44(38)51-45(48)30-31)35-23-14-27-43-47(35)37-20-8-11-25-41(37)50(43)33-17-5-2-6-18-33/h1-6,8-18,20-30H,7,19H2. The topological polar surface area (TPSA) is 23.0 Å². The van der Waals surface area contributed by atoms with Gasteiger partial charge in [0, 0.05) is 44.0 Å². The molecule has 3 nitrogen and oxygen atoms in total. The monoisotopic (exact) mass is 652 g/mol. The number of benzene rings is 7. The molecule has 0 bridgehead atoms. The molecule has 3 heteroatoms. The molecule has 0 aliphatic heterocycles. The van der Waals surface area contributed by atoms with E-state index < -0.39 is 0 Å². The van der Waals surface area contributed by atoms with Gasteiger partial charge in [-0.3, -0.25) is 0 Å². The van der Waals surface area contributed by atoms with Gasteiger partial charge in [0.05, 0.1) is 16.6 Å². The van der Waals surface area contributed by atoms with Gasteiger partial charge in [0.1, 0.15) is 11.2 Å². The Morgan fingerprint density at radius 1 is 0.451 bits per heavy atom. The molecule has 0 unspecified atom stereocenters. The van der Waals surface area contributed by atoms with E-state index in [0.29, 0.717) is 0 Å². The summed E-state index contributed by atoms with van der Waals surface area (Å²) in [4.78, 5) is 0. The summed E-state index contributed by atoms with van der Waals surface area (Å²) >= 11 is 0. The maximum atomic E-state index is 6.73. The second-order valence-corrected chi connectivity index (χ2v) is 13.6. The van der Waals surface area contributed by atoms with Crippen molar-refractivity contribution in [2.75, 3.05) is 0 Å². The zero-order chi connectivity index (χ0) is 33.5. The minimum atomic E-state index is 0.903. The van der Waals surface area contributed by atoms with Crippen LogP contribution in [0.3, 0.4) is 0 Å². The first kappa shape index (κ1) is 28.3. The number of aromatic nitrogens is 2. The van der Waals surface area contributed by atoms with E-state index in [1.54, 1.807) is 0 Å². The summed E-state index contributed by atoms with van der Waals surface area (Å²) in [6, 6.07) is 57.0. The molecule has 0 atom stereocenters. The number of nitrogens with zero attached hydrogens (tertiary/aromatic N) is 2. The van der Waals surface area contributed by atoms with Crippen molar-refractivity contribution in [2.24, 2.45) is 0 Å². The second kappa shape index (κ2) is 11.0. The highest BCUT2D eigenvalue weighted by Crippen LogP contribution is 2.47. The molecule has 0 saturated heterocycles. The van der Waals surface area contributed by atoms with Crippen LogP contribution in [0.25, 0.3) is 94.4 Å². The first-order chi connectivity index (χ1) is 25.3. The molecule has 10 aromatic rings. The summed E-state index contributed by atoms with van der Waals surface area (Å²) in [6.07, 6.45) is 6.67. The highest BCUT2D eigenvalue weighted by molar-refractivity contribution is 6.22. The Bertz CT molecular complexity index is 3010. The van der Waals surface area contributed by atoms with Gasteiger partial charge < -0.3 is 13.6 Å². The number of allylic oxidation sites excluding steroid dienone is 1. The maximum Gasteiger partial charge on any atom is 0.136 e. The van der Waals surface area contributed by atoms with E-state index in [9.17, 15) is 0 Å². The molecule has 51 heavy (non-hydrogen) atoms. The summed E-state index contributed by atoms with van der Waals surface area (Å²) in [7, 11) is 0. The third kappa shape index (κ3) is 4.12. The first-order valence-corrected chi connectivity index (χ1v) is 17.8. The number of aryl methyl sites for hydroxylation is 1. The molecule has 11 rings (SSSR count). The van der Waals surface area contributed by atoms with Crippen LogP contribution in [0.15, 0.2) is 168 Å². The lowest BCUT2D eigenvalue weighted by Gasteiger charge is -2.13. The molecule has 240 valence electrons. The Morgan fingerprint density at radius 2 is 1.10 bits per heavy atom. The lowest BCUT2D eigenvalue weighted by molar-refractivity contribution is 0.669. The normalized spacial score (nSPS) is 12.9. The van der Waals surface area contributed by atoms with Crippen LogP contribution in [0.5, 0.6) is 0 Å². The first-order valence-electron chi connectivity index (χ1n) is 17.8. The lowest BCUT2D eigenvalue weighted by atomic mass is 9.90. The lowest BCUT2D eigenvalue weighted by Crippen LogP contribution is -1.99. The van der Waals surface area contributed by atoms with Crippen molar-refractivity contribution in [3.63, 3.8) is 0 Å². The van der Waals surface area contributed by atoms with E-state index in [-0.39, 0.29) is 0 Å². The molecule has 0 N–H and O–H groups in total. The van der Waals surface area contributed by atoms with Gasteiger partial charge in [-0.15, -0.1) is 0 Å². The quantitative estimate of drug-likeness (QED) is 0.186. The maximum absolute atomic E-state index is 6.73. The predicted molar refractivity (Wildman–Crippen MR) is 213 cm³/mol. The van der Waals surface area contributed by atoms with Crippen LogP contribution in [0.4, 0.5) is 0 Å². The Morgan fingerprint density at radius 3 is 1.90 bits per heavy atom. The number of rotatable bonds is 4. The molecule has 3 heterocycles. The van der Waals surface area contributed by atoms with Crippen molar-refractivity contribution >= 4 is 60.7 Å². The van der Waals surface area contributed by atoms with Crippen molar-refractivity contribution in [3.05, 3.63) is 175 Å². The number of hydrogen-bond acceptors (Lipinski definition) is 1. The van der Waals surface area contributed by atoms with Crippen LogP contribution >= 0.6 is 0 Å². The molecule has 0 radical (unpaired) electrons. The Kier molecular flexibility index (Phi) is 6.08. The molecule has 0 spiro atoms. The van der Waals surface area contributed by atoms with E-state index in [1.807, 2.05) is 0 Å². The minimum Gasteiger partial charge on any atom is -0.456 e. The Hall–Kier alpha value is -6.58. The summed E-state index contributed by atoms with van der Waals surface area (Å²) in [6.45, 7) is 0.